The number of carbonyl (C=O) groups is 1. The molecule has 4 nitrogen and oxygen atoms in total. The minimum absolute atomic E-state index is 0.00313. The lowest BCUT2D eigenvalue weighted by molar-refractivity contribution is 0.0250. The highest BCUT2D eigenvalue weighted by atomic mass is 16.5. The van der Waals surface area contributed by atoms with Gasteiger partial charge in [0.25, 0.3) is 0 Å². The number of hydrogen-bond acceptors (Lipinski definition) is 2. The Morgan fingerprint density at radius 3 is 2.29 bits per heavy atom. The lowest BCUT2D eigenvalue weighted by Crippen LogP contribution is -2.51. The number of hydrogen-bond donors (Lipinski definition) is 0. The van der Waals surface area contributed by atoms with Crippen LogP contribution in [-0.4, -0.2) is 30.9 Å². The normalized spacial score (nSPS) is 15.3. The summed E-state index contributed by atoms with van der Waals surface area (Å²) in [5.74, 6) is 0. The van der Waals surface area contributed by atoms with Crippen LogP contribution < -0.4 is 4.90 Å². The highest BCUT2D eigenvalue weighted by Gasteiger charge is 2.26. The Hall–Kier alpha value is -2.33. The van der Waals surface area contributed by atoms with Crippen molar-refractivity contribution in [3.8, 4) is 0 Å². The molecular formula is C17H18N2O2. The first-order valence-corrected chi connectivity index (χ1v) is 7.08. The zero-order valence-corrected chi connectivity index (χ0v) is 11.8. The summed E-state index contributed by atoms with van der Waals surface area (Å²) in [4.78, 5) is 15.9. The molecule has 0 spiro atoms. The van der Waals surface area contributed by atoms with Gasteiger partial charge < -0.3 is 9.64 Å². The molecule has 0 atom stereocenters. The molecule has 0 saturated carbocycles. The molecule has 0 aliphatic carbocycles. The van der Waals surface area contributed by atoms with E-state index in [1.807, 2.05) is 48.5 Å². The second-order valence-electron chi connectivity index (χ2n) is 5.01. The van der Waals surface area contributed by atoms with E-state index in [1.54, 1.807) is 9.80 Å². The van der Waals surface area contributed by atoms with Crippen molar-refractivity contribution in [1.82, 2.24) is 4.90 Å². The van der Waals surface area contributed by atoms with Crippen LogP contribution in [0.4, 0.5) is 10.5 Å². The zero-order chi connectivity index (χ0) is 14.5. The van der Waals surface area contributed by atoms with Crippen LogP contribution in [0.15, 0.2) is 60.7 Å². The second-order valence-corrected chi connectivity index (χ2v) is 5.01. The van der Waals surface area contributed by atoms with E-state index in [9.17, 15) is 4.79 Å². The fourth-order valence-corrected chi connectivity index (χ4v) is 2.39. The van der Waals surface area contributed by atoms with Gasteiger partial charge in [-0.3, -0.25) is 4.90 Å². The zero-order valence-electron chi connectivity index (χ0n) is 11.8. The van der Waals surface area contributed by atoms with Crippen LogP contribution >= 0.6 is 0 Å². The fourth-order valence-electron chi connectivity index (χ4n) is 2.39. The van der Waals surface area contributed by atoms with E-state index >= 15 is 0 Å². The Labute approximate surface area is 124 Å². The Balaban J connectivity index is 1.65. The van der Waals surface area contributed by atoms with Gasteiger partial charge in [-0.25, -0.2) is 4.79 Å². The summed E-state index contributed by atoms with van der Waals surface area (Å²) in [6, 6.07) is 19.8. The Bertz CT molecular complexity index is 586. The predicted molar refractivity (Wildman–Crippen MR) is 82.0 cm³/mol. The topological polar surface area (TPSA) is 32.8 Å². The van der Waals surface area contributed by atoms with E-state index in [-0.39, 0.29) is 6.03 Å². The minimum Gasteiger partial charge on any atom is -0.340 e. The molecule has 21 heavy (non-hydrogen) atoms. The van der Waals surface area contributed by atoms with Crippen molar-refractivity contribution in [3.05, 3.63) is 66.2 Å². The molecule has 2 aromatic rings. The molecule has 2 aromatic carbocycles. The van der Waals surface area contributed by atoms with E-state index in [0.717, 1.165) is 12.1 Å². The van der Waals surface area contributed by atoms with Gasteiger partial charge in [-0.05, 0) is 24.1 Å². The summed E-state index contributed by atoms with van der Waals surface area (Å²) in [6.45, 7) is 1.33. The van der Waals surface area contributed by atoms with E-state index in [4.69, 9.17) is 4.74 Å². The lowest BCUT2D eigenvalue weighted by Gasteiger charge is -2.35. The maximum atomic E-state index is 12.5. The molecule has 0 bridgehead atoms. The standard InChI is InChI=1S/C17H18N2O2/c20-17-18(12-11-15-7-3-1-4-8-15)13-21-14-19(17)16-9-5-2-6-10-16/h1-10H,11-14H2. The summed E-state index contributed by atoms with van der Waals surface area (Å²) >= 11 is 0. The number of amides is 2. The Kier molecular flexibility index (Phi) is 4.17. The fraction of sp³-hybridized carbons (Fsp3) is 0.235. The summed E-state index contributed by atoms with van der Waals surface area (Å²) in [5.41, 5.74) is 2.09. The Morgan fingerprint density at radius 2 is 1.57 bits per heavy atom. The van der Waals surface area contributed by atoms with Gasteiger partial charge >= 0.3 is 6.03 Å². The maximum absolute atomic E-state index is 12.5. The molecule has 0 radical (unpaired) electrons. The van der Waals surface area contributed by atoms with Gasteiger partial charge in [-0.2, -0.15) is 0 Å². The van der Waals surface area contributed by atoms with Gasteiger partial charge in [-0.15, -0.1) is 0 Å². The SMILES string of the molecule is O=C1N(CCc2ccccc2)COCN1c1ccccc1. The summed E-state index contributed by atoms with van der Waals surface area (Å²) in [5, 5.41) is 0. The molecule has 1 fully saturated rings. The number of rotatable bonds is 4. The average molecular weight is 282 g/mol. The second kappa shape index (κ2) is 6.41. The van der Waals surface area contributed by atoms with E-state index in [1.165, 1.54) is 5.56 Å². The first-order valence-electron chi connectivity index (χ1n) is 7.08. The van der Waals surface area contributed by atoms with E-state index < -0.39 is 0 Å². The highest BCUT2D eigenvalue weighted by Crippen LogP contribution is 2.18. The van der Waals surface area contributed by atoms with Gasteiger partial charge in [0.1, 0.15) is 13.5 Å². The summed E-state index contributed by atoms with van der Waals surface area (Å²) in [7, 11) is 0. The van der Waals surface area contributed by atoms with E-state index in [0.29, 0.717) is 20.0 Å². The van der Waals surface area contributed by atoms with Crippen LogP contribution in [-0.2, 0) is 11.2 Å². The molecule has 4 heteroatoms. The van der Waals surface area contributed by atoms with Crippen LogP contribution in [0, 0.1) is 0 Å². The van der Waals surface area contributed by atoms with Crippen LogP contribution in [0.25, 0.3) is 0 Å². The number of carbonyl (C=O) groups excluding carboxylic acids is 1. The van der Waals surface area contributed by atoms with Gasteiger partial charge in [0.2, 0.25) is 0 Å². The van der Waals surface area contributed by atoms with Gasteiger partial charge in [0.15, 0.2) is 0 Å². The third-order valence-electron chi connectivity index (χ3n) is 3.55. The highest BCUT2D eigenvalue weighted by molar-refractivity contribution is 5.92. The van der Waals surface area contributed by atoms with Crippen molar-refractivity contribution in [3.63, 3.8) is 0 Å². The molecule has 1 saturated heterocycles. The van der Waals surface area contributed by atoms with Crippen molar-refractivity contribution in [2.45, 2.75) is 6.42 Å². The largest absolute Gasteiger partial charge is 0.340 e. The summed E-state index contributed by atoms with van der Waals surface area (Å²) < 4.78 is 5.54. The smallest absolute Gasteiger partial charge is 0.328 e. The van der Waals surface area contributed by atoms with Crippen molar-refractivity contribution >= 4 is 11.7 Å². The van der Waals surface area contributed by atoms with Crippen molar-refractivity contribution in [1.29, 1.82) is 0 Å². The van der Waals surface area contributed by atoms with Crippen molar-refractivity contribution in [2.75, 3.05) is 24.9 Å². The van der Waals surface area contributed by atoms with Crippen LogP contribution in [0.5, 0.6) is 0 Å². The van der Waals surface area contributed by atoms with Crippen LogP contribution in [0.3, 0.4) is 0 Å². The third-order valence-corrected chi connectivity index (χ3v) is 3.55. The average Bonchev–Trinajstić information content (AvgIpc) is 2.56. The number of urea groups is 1. The predicted octanol–water partition coefficient (Wildman–Crippen LogP) is 3.10. The molecule has 3 rings (SSSR count). The number of anilines is 1. The van der Waals surface area contributed by atoms with Crippen LogP contribution in [0.2, 0.25) is 0 Å². The molecular weight excluding hydrogens is 264 g/mol. The number of para-hydroxylation sites is 1. The molecule has 1 aliphatic rings. The molecule has 0 N–H and O–H groups in total. The van der Waals surface area contributed by atoms with Gasteiger partial charge in [0, 0.05) is 12.2 Å². The first kappa shape index (κ1) is 13.6. The van der Waals surface area contributed by atoms with Gasteiger partial charge in [0.05, 0.1) is 0 Å². The quantitative estimate of drug-likeness (QED) is 0.863. The Morgan fingerprint density at radius 1 is 0.905 bits per heavy atom. The molecule has 108 valence electrons. The van der Waals surface area contributed by atoms with Gasteiger partial charge in [-0.1, -0.05) is 48.5 Å². The van der Waals surface area contributed by atoms with Crippen molar-refractivity contribution < 1.29 is 9.53 Å². The molecule has 1 heterocycles. The minimum atomic E-state index is 0.00313. The number of nitrogens with zero attached hydrogens (tertiary/aromatic N) is 2. The van der Waals surface area contributed by atoms with Crippen molar-refractivity contribution in [2.24, 2.45) is 0 Å². The third kappa shape index (κ3) is 3.23. The van der Waals surface area contributed by atoms with Crippen LogP contribution in [0.1, 0.15) is 5.56 Å². The number of benzene rings is 2. The maximum Gasteiger partial charge on any atom is 0.328 e. The summed E-state index contributed by atoms with van der Waals surface area (Å²) in [6.07, 6.45) is 0.832. The van der Waals surface area contributed by atoms with E-state index in [2.05, 4.69) is 12.1 Å². The number of ether oxygens (including phenoxy) is 1. The molecule has 2 amide bonds. The molecule has 0 aromatic heterocycles. The molecule has 0 unspecified atom stereocenters. The lowest BCUT2D eigenvalue weighted by atomic mass is 10.1. The first-order chi connectivity index (χ1) is 10.3. The molecule has 1 aliphatic heterocycles. The monoisotopic (exact) mass is 282 g/mol.